The molecular weight excluding hydrogens is 466 g/mol. The number of carbonyl (C=O) groups is 3. The third-order valence-corrected chi connectivity index (χ3v) is 7.31. The van der Waals surface area contributed by atoms with Crippen molar-refractivity contribution in [3.8, 4) is 0 Å². The minimum Gasteiger partial charge on any atom is -0.463 e. The van der Waals surface area contributed by atoms with Crippen LogP contribution in [0.3, 0.4) is 0 Å². The van der Waals surface area contributed by atoms with Crippen LogP contribution in [0.5, 0.6) is 0 Å². The smallest absolute Gasteiger partial charge is 0.306 e. The molecule has 1 fully saturated rings. The Morgan fingerprint density at radius 3 is 2.14 bits per heavy atom. The second-order valence-electron chi connectivity index (χ2n) is 10.9. The van der Waals surface area contributed by atoms with Crippen LogP contribution in [-0.2, 0) is 19.1 Å². The van der Waals surface area contributed by atoms with Gasteiger partial charge in [0.05, 0.1) is 12.2 Å². The highest BCUT2D eigenvalue weighted by molar-refractivity contribution is 5.86. The van der Waals surface area contributed by atoms with Gasteiger partial charge in [0, 0.05) is 31.6 Å². The number of unbranched alkanes of at least 4 members (excludes halogenated alkanes) is 10. The van der Waals surface area contributed by atoms with Crippen molar-refractivity contribution in [2.24, 2.45) is 11.8 Å². The summed E-state index contributed by atoms with van der Waals surface area (Å²) in [5.74, 6) is -5.29. The fourth-order valence-electron chi connectivity index (χ4n) is 5.19. The molecule has 0 spiro atoms. The number of Topliss-reactive ketones (excluding diaryl/α,β-unsaturated/α-hetero) is 2. The van der Waals surface area contributed by atoms with Gasteiger partial charge in [-0.3, -0.25) is 14.4 Å². The van der Waals surface area contributed by atoms with Crippen LogP contribution in [0.15, 0.2) is 0 Å². The van der Waals surface area contributed by atoms with E-state index >= 15 is 0 Å². The van der Waals surface area contributed by atoms with E-state index in [2.05, 4.69) is 6.92 Å². The first-order chi connectivity index (χ1) is 17.1. The lowest BCUT2D eigenvalue weighted by atomic mass is 9.85. The fourth-order valence-corrected chi connectivity index (χ4v) is 5.19. The molecule has 1 aliphatic carbocycles. The zero-order valence-electron chi connectivity index (χ0n) is 22.9. The molecule has 0 radical (unpaired) electrons. The van der Waals surface area contributed by atoms with Crippen molar-refractivity contribution in [2.45, 2.75) is 154 Å². The standard InChI is InChI=1S/C29H50F2O5/c1-4-5-6-7-12-15-20-29(30,31)27(34)19-18-24-23(25(32)21-26(24)33)16-13-10-8-9-11-14-17-28(35)36-22(2)3/h22-24,26,33H,4-21H2,1-3H3. The quantitative estimate of drug-likeness (QED) is 0.127. The van der Waals surface area contributed by atoms with Gasteiger partial charge in [0.25, 0.3) is 0 Å². The summed E-state index contributed by atoms with van der Waals surface area (Å²) in [6.45, 7) is 5.77. The van der Waals surface area contributed by atoms with Crippen molar-refractivity contribution < 1.29 is 33.0 Å². The predicted octanol–water partition coefficient (Wildman–Crippen LogP) is 7.36. The molecule has 0 saturated heterocycles. The SMILES string of the molecule is CCCCCCCCC(F)(F)C(=O)CCC1C(O)CC(=O)C1CCCCCCCCC(=O)OC(C)C. The topological polar surface area (TPSA) is 80.7 Å². The number of aliphatic hydroxyl groups excluding tert-OH is 1. The highest BCUT2D eigenvalue weighted by Crippen LogP contribution is 2.37. The normalized spacial score (nSPS) is 20.3. The third kappa shape index (κ3) is 13.3. The maximum atomic E-state index is 14.3. The van der Waals surface area contributed by atoms with E-state index in [1.807, 2.05) is 13.8 Å². The van der Waals surface area contributed by atoms with E-state index in [4.69, 9.17) is 4.74 Å². The minimum atomic E-state index is -3.32. The predicted molar refractivity (Wildman–Crippen MR) is 138 cm³/mol. The molecule has 36 heavy (non-hydrogen) atoms. The van der Waals surface area contributed by atoms with Gasteiger partial charge < -0.3 is 9.84 Å². The number of aliphatic hydroxyl groups is 1. The van der Waals surface area contributed by atoms with Gasteiger partial charge in [-0.2, -0.15) is 8.78 Å². The Morgan fingerprint density at radius 1 is 0.917 bits per heavy atom. The van der Waals surface area contributed by atoms with Gasteiger partial charge >= 0.3 is 11.9 Å². The van der Waals surface area contributed by atoms with Crippen LogP contribution in [0.25, 0.3) is 0 Å². The van der Waals surface area contributed by atoms with Crippen molar-refractivity contribution in [1.82, 2.24) is 0 Å². The van der Waals surface area contributed by atoms with Gasteiger partial charge in [-0.25, -0.2) is 0 Å². The first-order valence-electron chi connectivity index (χ1n) is 14.4. The number of rotatable bonds is 21. The van der Waals surface area contributed by atoms with Crippen LogP contribution in [-0.4, -0.2) is 40.8 Å². The Labute approximate surface area is 217 Å². The lowest BCUT2D eigenvalue weighted by Gasteiger charge is -2.22. The van der Waals surface area contributed by atoms with Gasteiger partial charge in [-0.05, 0) is 45.4 Å². The van der Waals surface area contributed by atoms with Gasteiger partial charge in [-0.15, -0.1) is 0 Å². The summed E-state index contributed by atoms with van der Waals surface area (Å²) < 4.78 is 33.7. The summed E-state index contributed by atoms with van der Waals surface area (Å²) in [6, 6.07) is 0. The average Bonchev–Trinajstić information content (AvgIpc) is 3.07. The van der Waals surface area contributed by atoms with Crippen molar-refractivity contribution >= 4 is 17.5 Å². The van der Waals surface area contributed by atoms with Crippen molar-refractivity contribution in [3.63, 3.8) is 0 Å². The Kier molecular flexibility index (Phi) is 16.3. The van der Waals surface area contributed by atoms with E-state index < -0.39 is 30.1 Å². The molecule has 1 N–H and O–H groups in total. The first-order valence-corrected chi connectivity index (χ1v) is 14.4. The van der Waals surface area contributed by atoms with Gasteiger partial charge in [0.1, 0.15) is 5.78 Å². The molecule has 3 unspecified atom stereocenters. The molecule has 1 rings (SSSR count). The molecule has 210 valence electrons. The first kappa shape index (κ1) is 32.7. The summed E-state index contributed by atoms with van der Waals surface area (Å²) in [4.78, 5) is 36.1. The molecule has 0 aromatic heterocycles. The lowest BCUT2D eigenvalue weighted by Crippen LogP contribution is -2.30. The van der Waals surface area contributed by atoms with Gasteiger partial charge in [0.2, 0.25) is 5.78 Å². The Balaban J connectivity index is 2.29. The number of ketones is 2. The summed E-state index contributed by atoms with van der Waals surface area (Å²) in [5, 5.41) is 10.3. The van der Waals surface area contributed by atoms with E-state index in [1.54, 1.807) is 0 Å². The van der Waals surface area contributed by atoms with E-state index in [0.29, 0.717) is 25.7 Å². The molecule has 3 atom stereocenters. The molecule has 1 aliphatic rings. The number of halogens is 2. The third-order valence-electron chi connectivity index (χ3n) is 7.31. The summed E-state index contributed by atoms with van der Waals surface area (Å²) in [7, 11) is 0. The lowest BCUT2D eigenvalue weighted by molar-refractivity contribution is -0.147. The Bertz CT molecular complexity index is 650. The number of ether oxygens (including phenoxy) is 1. The molecule has 1 saturated carbocycles. The maximum Gasteiger partial charge on any atom is 0.306 e. The maximum absolute atomic E-state index is 14.3. The monoisotopic (exact) mass is 516 g/mol. The van der Waals surface area contributed by atoms with Crippen LogP contribution in [0.2, 0.25) is 0 Å². The highest BCUT2D eigenvalue weighted by Gasteiger charge is 2.43. The molecule has 0 amide bonds. The van der Waals surface area contributed by atoms with Crippen molar-refractivity contribution in [3.05, 3.63) is 0 Å². The molecule has 0 aromatic carbocycles. The number of hydrogen-bond acceptors (Lipinski definition) is 5. The number of esters is 1. The molecular formula is C29H50F2O5. The van der Waals surface area contributed by atoms with Crippen LogP contribution < -0.4 is 0 Å². The Hall–Kier alpha value is -1.37. The van der Waals surface area contributed by atoms with Crippen molar-refractivity contribution in [2.75, 3.05) is 0 Å². The molecule has 0 aromatic rings. The van der Waals surface area contributed by atoms with Crippen molar-refractivity contribution in [1.29, 1.82) is 0 Å². The van der Waals surface area contributed by atoms with E-state index in [1.165, 1.54) is 0 Å². The second kappa shape index (κ2) is 18.0. The molecule has 5 nitrogen and oxygen atoms in total. The molecule has 0 heterocycles. The van der Waals surface area contributed by atoms with Crippen LogP contribution in [0.4, 0.5) is 8.78 Å². The second-order valence-corrected chi connectivity index (χ2v) is 10.9. The Morgan fingerprint density at radius 2 is 1.50 bits per heavy atom. The minimum absolute atomic E-state index is 0.0116. The van der Waals surface area contributed by atoms with Gasteiger partial charge in [0.15, 0.2) is 0 Å². The summed E-state index contributed by atoms with van der Waals surface area (Å²) >= 11 is 0. The van der Waals surface area contributed by atoms with Crippen LogP contribution >= 0.6 is 0 Å². The zero-order valence-corrected chi connectivity index (χ0v) is 22.9. The van der Waals surface area contributed by atoms with E-state index in [-0.39, 0.29) is 43.0 Å². The number of alkyl halides is 2. The summed E-state index contributed by atoms with van der Waals surface area (Å²) in [6.07, 6.45) is 10.4. The molecule has 0 bridgehead atoms. The molecule has 7 heteroatoms. The van der Waals surface area contributed by atoms with Gasteiger partial charge in [-0.1, -0.05) is 71.1 Å². The zero-order chi connectivity index (χ0) is 27.0. The van der Waals surface area contributed by atoms with E-state index in [9.17, 15) is 28.3 Å². The largest absolute Gasteiger partial charge is 0.463 e. The molecule has 0 aliphatic heterocycles. The van der Waals surface area contributed by atoms with E-state index in [0.717, 1.165) is 64.2 Å². The fraction of sp³-hybridized carbons (Fsp3) is 0.897. The number of hydrogen-bond donors (Lipinski definition) is 1. The number of carbonyl (C=O) groups excluding carboxylic acids is 3. The van der Waals surface area contributed by atoms with Crippen LogP contribution in [0.1, 0.15) is 136 Å². The average molecular weight is 517 g/mol. The van der Waals surface area contributed by atoms with Crippen LogP contribution in [0, 0.1) is 11.8 Å². The highest BCUT2D eigenvalue weighted by atomic mass is 19.3. The summed E-state index contributed by atoms with van der Waals surface area (Å²) in [5.41, 5.74) is 0.